The van der Waals surface area contributed by atoms with Crippen LogP contribution in [-0.2, 0) is 11.2 Å². The Morgan fingerprint density at radius 1 is 1.35 bits per heavy atom. The highest BCUT2D eigenvalue weighted by molar-refractivity contribution is 5.78. The fourth-order valence-electron chi connectivity index (χ4n) is 1.85. The minimum atomic E-state index is 0.124. The van der Waals surface area contributed by atoms with E-state index in [9.17, 15) is 9.90 Å². The van der Waals surface area contributed by atoms with E-state index in [2.05, 4.69) is 5.32 Å². The molecule has 0 radical (unpaired) electrons. The number of aromatic hydroxyl groups is 1. The van der Waals surface area contributed by atoms with Crippen LogP contribution in [0.5, 0.6) is 5.75 Å². The predicted octanol–water partition coefficient (Wildman–Crippen LogP) is 2.49. The Morgan fingerprint density at radius 3 is 2.65 bits per heavy atom. The summed E-state index contributed by atoms with van der Waals surface area (Å²) in [6.45, 7) is 4.69. The van der Waals surface area contributed by atoms with E-state index >= 15 is 0 Å². The summed E-state index contributed by atoms with van der Waals surface area (Å²) in [4.78, 5) is 11.7. The van der Waals surface area contributed by atoms with Gasteiger partial charge in [0, 0.05) is 12.5 Å². The van der Waals surface area contributed by atoms with Crippen LogP contribution in [-0.4, -0.2) is 17.6 Å². The van der Waals surface area contributed by atoms with Crippen molar-refractivity contribution in [1.82, 2.24) is 5.32 Å². The molecule has 1 aromatic rings. The van der Waals surface area contributed by atoms with Crippen LogP contribution in [0.3, 0.4) is 0 Å². The van der Waals surface area contributed by atoms with Crippen LogP contribution in [0.15, 0.2) is 24.3 Å². The molecule has 3 heteroatoms. The highest BCUT2D eigenvalue weighted by Crippen LogP contribution is 2.11. The van der Waals surface area contributed by atoms with Crippen molar-refractivity contribution < 1.29 is 9.90 Å². The molecule has 0 aliphatic carbocycles. The average Bonchev–Trinajstić information content (AvgIpc) is 2.30. The fourth-order valence-corrected chi connectivity index (χ4v) is 1.85. The van der Waals surface area contributed by atoms with Gasteiger partial charge in [0.1, 0.15) is 5.75 Å². The Hall–Kier alpha value is -1.51. The molecule has 0 saturated heterocycles. The van der Waals surface area contributed by atoms with E-state index in [1.165, 1.54) is 0 Å². The highest BCUT2D eigenvalue weighted by Gasteiger charge is 2.12. The molecule has 94 valence electrons. The van der Waals surface area contributed by atoms with Crippen LogP contribution in [0.2, 0.25) is 0 Å². The van der Waals surface area contributed by atoms with E-state index in [1.54, 1.807) is 12.1 Å². The Bertz CT molecular complexity index is 359. The van der Waals surface area contributed by atoms with Gasteiger partial charge < -0.3 is 10.4 Å². The summed E-state index contributed by atoms with van der Waals surface area (Å²) >= 11 is 0. The van der Waals surface area contributed by atoms with Gasteiger partial charge in [0.25, 0.3) is 0 Å². The maximum Gasteiger partial charge on any atom is 0.223 e. The van der Waals surface area contributed by atoms with Gasteiger partial charge in [-0.2, -0.15) is 0 Å². The minimum Gasteiger partial charge on any atom is -0.508 e. The van der Waals surface area contributed by atoms with Gasteiger partial charge in [-0.15, -0.1) is 0 Å². The zero-order chi connectivity index (χ0) is 12.7. The Kier molecular flexibility index (Phi) is 5.53. The van der Waals surface area contributed by atoms with E-state index in [0.29, 0.717) is 6.54 Å². The molecule has 0 atom stereocenters. The largest absolute Gasteiger partial charge is 0.508 e. The summed E-state index contributed by atoms with van der Waals surface area (Å²) in [5.74, 6) is 0.531. The van der Waals surface area contributed by atoms with Crippen LogP contribution in [0.4, 0.5) is 0 Å². The summed E-state index contributed by atoms with van der Waals surface area (Å²) < 4.78 is 0. The lowest BCUT2D eigenvalue weighted by atomic mass is 10.0. The Labute approximate surface area is 103 Å². The van der Waals surface area contributed by atoms with Gasteiger partial charge in [-0.3, -0.25) is 4.79 Å². The molecule has 0 unspecified atom stereocenters. The summed E-state index contributed by atoms with van der Waals surface area (Å²) in [5.41, 5.74) is 1.04. The first-order valence-electron chi connectivity index (χ1n) is 6.23. The van der Waals surface area contributed by atoms with E-state index in [-0.39, 0.29) is 17.6 Å². The normalized spacial score (nSPS) is 10.5. The number of nitrogens with one attached hydrogen (secondary N) is 1. The number of rotatable bonds is 6. The van der Waals surface area contributed by atoms with Gasteiger partial charge in [-0.25, -0.2) is 0 Å². The molecule has 1 aromatic carbocycles. The van der Waals surface area contributed by atoms with Gasteiger partial charge in [-0.1, -0.05) is 26.0 Å². The molecule has 0 aliphatic rings. The number of carbonyl (C=O) groups excluding carboxylic acids is 1. The van der Waals surface area contributed by atoms with Crippen molar-refractivity contribution in [1.29, 1.82) is 0 Å². The maximum absolute atomic E-state index is 11.7. The lowest BCUT2D eigenvalue weighted by Crippen LogP contribution is -2.31. The predicted molar refractivity (Wildman–Crippen MR) is 68.9 cm³/mol. The van der Waals surface area contributed by atoms with Crippen molar-refractivity contribution in [3.8, 4) is 5.75 Å². The van der Waals surface area contributed by atoms with Crippen LogP contribution in [0, 0.1) is 5.92 Å². The number of benzene rings is 1. The second-order valence-electron chi connectivity index (χ2n) is 4.22. The SMILES string of the molecule is CCC(CC)C(=O)NCCc1cccc(O)c1. The molecule has 0 aliphatic heterocycles. The molecular formula is C14H21NO2. The first-order valence-corrected chi connectivity index (χ1v) is 6.23. The van der Waals surface area contributed by atoms with E-state index in [0.717, 1.165) is 24.8 Å². The van der Waals surface area contributed by atoms with Gasteiger partial charge in [0.15, 0.2) is 0 Å². The minimum absolute atomic E-state index is 0.124. The highest BCUT2D eigenvalue weighted by atomic mass is 16.3. The molecule has 0 saturated carbocycles. The lowest BCUT2D eigenvalue weighted by molar-refractivity contribution is -0.125. The fraction of sp³-hybridized carbons (Fsp3) is 0.500. The maximum atomic E-state index is 11.7. The van der Waals surface area contributed by atoms with Crippen LogP contribution in [0.25, 0.3) is 0 Å². The zero-order valence-electron chi connectivity index (χ0n) is 10.6. The first kappa shape index (κ1) is 13.6. The molecule has 1 rings (SSSR count). The molecule has 17 heavy (non-hydrogen) atoms. The molecule has 0 spiro atoms. The van der Waals surface area contributed by atoms with Crippen molar-refractivity contribution in [2.45, 2.75) is 33.1 Å². The molecule has 0 bridgehead atoms. The average molecular weight is 235 g/mol. The number of hydrogen-bond donors (Lipinski definition) is 2. The molecule has 1 amide bonds. The summed E-state index contributed by atoms with van der Waals surface area (Å²) in [6.07, 6.45) is 2.52. The van der Waals surface area contributed by atoms with Crippen molar-refractivity contribution in [3.05, 3.63) is 29.8 Å². The summed E-state index contributed by atoms with van der Waals surface area (Å²) in [5, 5.41) is 12.2. The molecular weight excluding hydrogens is 214 g/mol. The van der Waals surface area contributed by atoms with Crippen LogP contribution < -0.4 is 5.32 Å². The molecule has 0 aromatic heterocycles. The van der Waals surface area contributed by atoms with Crippen LogP contribution >= 0.6 is 0 Å². The standard InChI is InChI=1S/C14H21NO2/c1-3-12(4-2)14(17)15-9-8-11-6-5-7-13(16)10-11/h5-7,10,12,16H,3-4,8-9H2,1-2H3,(H,15,17). The molecule has 2 N–H and O–H groups in total. The quantitative estimate of drug-likeness (QED) is 0.796. The second kappa shape index (κ2) is 6.94. The van der Waals surface area contributed by atoms with Crippen molar-refractivity contribution in [2.24, 2.45) is 5.92 Å². The van der Waals surface area contributed by atoms with E-state index in [1.807, 2.05) is 26.0 Å². The van der Waals surface area contributed by atoms with E-state index < -0.39 is 0 Å². The number of phenolic OH excluding ortho intramolecular Hbond substituents is 1. The number of hydrogen-bond acceptors (Lipinski definition) is 2. The van der Waals surface area contributed by atoms with Gasteiger partial charge in [0.05, 0.1) is 0 Å². The number of amides is 1. The summed E-state index contributed by atoms with van der Waals surface area (Å²) in [6, 6.07) is 7.13. The topological polar surface area (TPSA) is 49.3 Å². The van der Waals surface area contributed by atoms with E-state index in [4.69, 9.17) is 0 Å². The van der Waals surface area contributed by atoms with Crippen LogP contribution in [0.1, 0.15) is 32.3 Å². The summed E-state index contributed by atoms with van der Waals surface area (Å²) in [7, 11) is 0. The van der Waals surface area contributed by atoms with Gasteiger partial charge >= 0.3 is 0 Å². The third kappa shape index (κ3) is 4.47. The van der Waals surface area contributed by atoms with Crippen molar-refractivity contribution in [3.63, 3.8) is 0 Å². The van der Waals surface area contributed by atoms with Gasteiger partial charge in [-0.05, 0) is 37.0 Å². The Balaban J connectivity index is 2.35. The molecule has 0 fully saturated rings. The molecule has 3 nitrogen and oxygen atoms in total. The van der Waals surface area contributed by atoms with Crippen molar-refractivity contribution >= 4 is 5.91 Å². The van der Waals surface area contributed by atoms with Crippen molar-refractivity contribution in [2.75, 3.05) is 6.54 Å². The monoisotopic (exact) mass is 235 g/mol. The Morgan fingerprint density at radius 2 is 2.06 bits per heavy atom. The van der Waals surface area contributed by atoms with Gasteiger partial charge in [0.2, 0.25) is 5.91 Å². The zero-order valence-corrected chi connectivity index (χ0v) is 10.6. The number of phenols is 1. The second-order valence-corrected chi connectivity index (χ2v) is 4.22. The number of carbonyl (C=O) groups is 1. The lowest BCUT2D eigenvalue weighted by Gasteiger charge is -2.12. The first-order chi connectivity index (χ1) is 8.17. The third-order valence-corrected chi connectivity index (χ3v) is 2.98. The smallest absolute Gasteiger partial charge is 0.223 e. The third-order valence-electron chi connectivity index (χ3n) is 2.98. The molecule has 0 heterocycles.